The Morgan fingerprint density at radius 2 is 2.30 bits per heavy atom. The van der Waals surface area contributed by atoms with Crippen molar-refractivity contribution in [3.8, 4) is 11.8 Å². The highest BCUT2D eigenvalue weighted by Crippen LogP contribution is 2.41. The first-order valence-corrected chi connectivity index (χ1v) is 6.29. The van der Waals surface area contributed by atoms with Gasteiger partial charge in [-0.2, -0.15) is 5.26 Å². The zero-order valence-electron chi connectivity index (χ0n) is 10.9. The van der Waals surface area contributed by atoms with Crippen LogP contribution in [0.4, 0.5) is 0 Å². The van der Waals surface area contributed by atoms with E-state index >= 15 is 0 Å². The summed E-state index contributed by atoms with van der Waals surface area (Å²) >= 11 is 0. The molecule has 6 nitrogen and oxygen atoms in total. The lowest BCUT2D eigenvalue weighted by atomic mass is 10.2. The molecule has 0 aliphatic heterocycles. The van der Waals surface area contributed by atoms with E-state index in [1.165, 1.54) is 7.11 Å². The van der Waals surface area contributed by atoms with Gasteiger partial charge >= 0.3 is 5.97 Å². The molecule has 1 aromatic heterocycles. The van der Waals surface area contributed by atoms with E-state index in [2.05, 4.69) is 16.4 Å². The Balaban J connectivity index is 2.08. The fraction of sp³-hybridized carbons (Fsp3) is 0.286. The molecule has 6 heteroatoms. The summed E-state index contributed by atoms with van der Waals surface area (Å²) in [5.41, 5.74) is 2.34. The van der Waals surface area contributed by atoms with Gasteiger partial charge in [-0.05, 0) is 31.0 Å². The number of ether oxygens (including phenoxy) is 1. The van der Waals surface area contributed by atoms with Crippen LogP contribution < -0.4 is 0 Å². The minimum Gasteiger partial charge on any atom is -0.465 e. The van der Waals surface area contributed by atoms with E-state index in [0.717, 1.165) is 18.5 Å². The van der Waals surface area contributed by atoms with Gasteiger partial charge in [-0.3, -0.25) is 0 Å². The molecule has 3 rings (SSSR count). The van der Waals surface area contributed by atoms with Crippen LogP contribution in [-0.2, 0) is 4.74 Å². The molecule has 1 aromatic carbocycles. The maximum absolute atomic E-state index is 11.6. The summed E-state index contributed by atoms with van der Waals surface area (Å²) in [5, 5.41) is 17.0. The molecule has 0 unspecified atom stereocenters. The minimum absolute atomic E-state index is 0.335. The molecular weight excluding hydrogens is 256 g/mol. The van der Waals surface area contributed by atoms with Crippen molar-refractivity contribution >= 4 is 5.97 Å². The van der Waals surface area contributed by atoms with E-state index in [1.807, 2.05) is 6.07 Å². The first-order valence-electron chi connectivity index (χ1n) is 6.29. The molecule has 0 spiro atoms. The molecule has 1 fully saturated rings. The number of nitrogens with zero attached hydrogens (tertiary/aromatic N) is 4. The van der Waals surface area contributed by atoms with Crippen LogP contribution in [0.5, 0.6) is 0 Å². The SMILES string of the molecule is COC(=O)c1cccc(-n2nnc(C#N)c2C2CC2)c1. The number of aromatic nitrogens is 3. The van der Waals surface area contributed by atoms with Crippen LogP contribution in [0.1, 0.15) is 40.5 Å². The van der Waals surface area contributed by atoms with Crippen molar-refractivity contribution in [1.82, 2.24) is 15.0 Å². The molecule has 1 aliphatic carbocycles. The third-order valence-electron chi connectivity index (χ3n) is 3.29. The van der Waals surface area contributed by atoms with Gasteiger partial charge in [-0.25, -0.2) is 9.48 Å². The second-order valence-corrected chi connectivity index (χ2v) is 4.66. The number of carbonyl (C=O) groups is 1. The summed E-state index contributed by atoms with van der Waals surface area (Å²) in [4.78, 5) is 11.6. The average molecular weight is 268 g/mol. The van der Waals surface area contributed by atoms with Crippen molar-refractivity contribution in [3.63, 3.8) is 0 Å². The van der Waals surface area contributed by atoms with E-state index in [-0.39, 0.29) is 0 Å². The normalized spacial score (nSPS) is 13.8. The highest BCUT2D eigenvalue weighted by Gasteiger charge is 2.32. The summed E-state index contributed by atoms with van der Waals surface area (Å²) < 4.78 is 6.35. The first kappa shape index (κ1) is 12.4. The van der Waals surface area contributed by atoms with Crippen LogP contribution in [0.15, 0.2) is 24.3 Å². The second-order valence-electron chi connectivity index (χ2n) is 4.66. The zero-order valence-corrected chi connectivity index (χ0v) is 10.9. The van der Waals surface area contributed by atoms with Crippen molar-refractivity contribution in [2.45, 2.75) is 18.8 Å². The van der Waals surface area contributed by atoms with E-state index < -0.39 is 5.97 Å². The van der Waals surface area contributed by atoms with Crippen molar-refractivity contribution in [3.05, 3.63) is 41.2 Å². The topological polar surface area (TPSA) is 80.8 Å². The molecule has 0 N–H and O–H groups in total. The van der Waals surface area contributed by atoms with Crippen molar-refractivity contribution in [2.75, 3.05) is 7.11 Å². The van der Waals surface area contributed by atoms with Crippen LogP contribution >= 0.6 is 0 Å². The molecule has 0 amide bonds. The molecule has 0 atom stereocenters. The Hall–Kier alpha value is -2.68. The second kappa shape index (κ2) is 4.78. The van der Waals surface area contributed by atoms with Crippen molar-refractivity contribution in [2.24, 2.45) is 0 Å². The summed E-state index contributed by atoms with van der Waals surface area (Å²) in [5.74, 6) is -0.0677. The van der Waals surface area contributed by atoms with Gasteiger partial charge in [0.2, 0.25) is 0 Å². The largest absolute Gasteiger partial charge is 0.465 e. The highest BCUT2D eigenvalue weighted by molar-refractivity contribution is 5.89. The van der Waals surface area contributed by atoms with Crippen LogP contribution in [0, 0.1) is 11.3 Å². The Labute approximate surface area is 115 Å². The third-order valence-corrected chi connectivity index (χ3v) is 3.29. The summed E-state index contributed by atoms with van der Waals surface area (Å²) in [6.07, 6.45) is 2.08. The van der Waals surface area contributed by atoms with Crippen LogP contribution in [-0.4, -0.2) is 28.1 Å². The van der Waals surface area contributed by atoms with E-state index in [0.29, 0.717) is 22.9 Å². The number of rotatable bonds is 3. The molecule has 1 heterocycles. The number of carbonyl (C=O) groups excluding carboxylic acids is 1. The molecule has 0 saturated heterocycles. The molecular formula is C14H12N4O2. The Kier molecular flexibility index (Phi) is 2.95. The van der Waals surface area contributed by atoms with Gasteiger partial charge in [-0.15, -0.1) is 5.10 Å². The fourth-order valence-corrected chi connectivity index (χ4v) is 2.17. The minimum atomic E-state index is -0.402. The summed E-state index contributed by atoms with van der Waals surface area (Å²) in [7, 11) is 1.34. The standard InChI is InChI=1S/C14H12N4O2/c1-20-14(19)10-3-2-4-11(7-10)18-13(9-5-6-9)12(8-15)16-17-18/h2-4,7,9H,5-6H2,1H3. The summed E-state index contributed by atoms with van der Waals surface area (Å²) in [6.45, 7) is 0. The maximum atomic E-state index is 11.6. The number of hydrogen-bond donors (Lipinski definition) is 0. The number of methoxy groups -OCH3 is 1. The van der Waals surface area contributed by atoms with E-state index in [9.17, 15) is 4.79 Å². The Bertz CT molecular complexity index is 710. The van der Waals surface area contributed by atoms with Gasteiger partial charge in [0, 0.05) is 5.92 Å². The maximum Gasteiger partial charge on any atom is 0.337 e. The van der Waals surface area contributed by atoms with E-state index in [1.54, 1.807) is 22.9 Å². The molecule has 1 aliphatic rings. The quantitative estimate of drug-likeness (QED) is 0.793. The lowest BCUT2D eigenvalue weighted by molar-refractivity contribution is 0.0600. The number of benzene rings is 1. The number of hydrogen-bond acceptors (Lipinski definition) is 5. The van der Waals surface area contributed by atoms with Crippen LogP contribution in [0.3, 0.4) is 0 Å². The van der Waals surface area contributed by atoms with Crippen LogP contribution in [0.25, 0.3) is 5.69 Å². The monoisotopic (exact) mass is 268 g/mol. The Morgan fingerprint density at radius 3 is 2.95 bits per heavy atom. The van der Waals surface area contributed by atoms with Gasteiger partial charge in [0.05, 0.1) is 24.1 Å². The lowest BCUT2D eigenvalue weighted by Gasteiger charge is -2.07. The molecule has 0 radical (unpaired) electrons. The Morgan fingerprint density at radius 1 is 1.50 bits per heavy atom. The first-order chi connectivity index (χ1) is 9.74. The smallest absolute Gasteiger partial charge is 0.337 e. The van der Waals surface area contributed by atoms with Gasteiger partial charge in [0.15, 0.2) is 5.69 Å². The zero-order chi connectivity index (χ0) is 14.1. The van der Waals surface area contributed by atoms with Gasteiger partial charge < -0.3 is 4.74 Å². The van der Waals surface area contributed by atoms with Crippen molar-refractivity contribution in [1.29, 1.82) is 5.26 Å². The summed E-state index contributed by atoms with van der Waals surface area (Å²) in [6, 6.07) is 9.02. The molecule has 1 saturated carbocycles. The molecule has 20 heavy (non-hydrogen) atoms. The lowest BCUT2D eigenvalue weighted by Crippen LogP contribution is -2.06. The predicted molar refractivity (Wildman–Crippen MR) is 69.4 cm³/mol. The van der Waals surface area contributed by atoms with Gasteiger partial charge in [0.25, 0.3) is 0 Å². The third kappa shape index (κ3) is 2.03. The van der Waals surface area contributed by atoms with Crippen molar-refractivity contribution < 1.29 is 9.53 Å². The number of nitriles is 1. The van der Waals surface area contributed by atoms with E-state index in [4.69, 9.17) is 10.00 Å². The van der Waals surface area contributed by atoms with Crippen LogP contribution in [0.2, 0.25) is 0 Å². The fourth-order valence-electron chi connectivity index (χ4n) is 2.17. The number of esters is 1. The predicted octanol–water partition coefficient (Wildman–Crippen LogP) is 1.80. The van der Waals surface area contributed by atoms with Gasteiger partial charge in [-0.1, -0.05) is 11.3 Å². The molecule has 0 bridgehead atoms. The highest BCUT2D eigenvalue weighted by atomic mass is 16.5. The average Bonchev–Trinajstić information content (AvgIpc) is 3.25. The molecule has 2 aromatic rings. The van der Waals surface area contributed by atoms with Gasteiger partial charge in [0.1, 0.15) is 6.07 Å². The molecule has 100 valence electrons.